The van der Waals surface area contributed by atoms with Crippen LogP contribution in [0.1, 0.15) is 15.9 Å². The van der Waals surface area contributed by atoms with Crippen molar-refractivity contribution in [3.8, 4) is 22.6 Å². The molecule has 0 aliphatic heterocycles. The molecule has 108 valence electrons. The summed E-state index contributed by atoms with van der Waals surface area (Å²) in [5.74, 6) is -4.12. The molecule has 2 nitrogen and oxygen atoms in total. The highest BCUT2D eigenvalue weighted by molar-refractivity contribution is 6.10. The molecule has 1 aliphatic carbocycles. The van der Waals surface area contributed by atoms with Gasteiger partial charge in [-0.2, -0.15) is 8.78 Å². The SMILES string of the molecule is O=C1c2cc(-c3ccccc3)oc2-c2ccccc2C1(F)F. The lowest BCUT2D eigenvalue weighted by Gasteiger charge is -2.22. The number of carbonyl (C=O) groups is 1. The number of Topliss-reactive ketones (excluding diaryl/α,β-unsaturated/α-hetero) is 1. The van der Waals surface area contributed by atoms with E-state index < -0.39 is 11.7 Å². The molecule has 0 fully saturated rings. The first-order chi connectivity index (χ1) is 10.6. The maximum absolute atomic E-state index is 14.3. The van der Waals surface area contributed by atoms with Crippen molar-refractivity contribution in [2.24, 2.45) is 0 Å². The van der Waals surface area contributed by atoms with Gasteiger partial charge in [0.15, 0.2) is 0 Å². The van der Waals surface area contributed by atoms with Gasteiger partial charge in [0, 0.05) is 16.7 Å². The normalized spacial score (nSPS) is 15.3. The van der Waals surface area contributed by atoms with Crippen molar-refractivity contribution in [1.82, 2.24) is 0 Å². The van der Waals surface area contributed by atoms with Crippen LogP contribution in [0.4, 0.5) is 8.78 Å². The van der Waals surface area contributed by atoms with Gasteiger partial charge in [-0.1, -0.05) is 54.6 Å². The first-order valence-corrected chi connectivity index (χ1v) is 6.81. The first kappa shape index (κ1) is 13.0. The van der Waals surface area contributed by atoms with Crippen LogP contribution in [0.15, 0.2) is 65.1 Å². The largest absolute Gasteiger partial charge is 0.455 e. The Morgan fingerprint density at radius 2 is 1.55 bits per heavy atom. The van der Waals surface area contributed by atoms with Crippen LogP contribution in [0.3, 0.4) is 0 Å². The van der Waals surface area contributed by atoms with Gasteiger partial charge in [0.25, 0.3) is 0 Å². The van der Waals surface area contributed by atoms with E-state index in [1.165, 1.54) is 18.2 Å². The third-order valence-electron chi connectivity index (χ3n) is 3.83. The average molecular weight is 296 g/mol. The smallest absolute Gasteiger partial charge is 0.335 e. The number of hydrogen-bond donors (Lipinski definition) is 0. The van der Waals surface area contributed by atoms with E-state index in [0.29, 0.717) is 5.76 Å². The van der Waals surface area contributed by atoms with Gasteiger partial charge in [-0.15, -0.1) is 0 Å². The van der Waals surface area contributed by atoms with Crippen LogP contribution in [0.5, 0.6) is 0 Å². The molecule has 0 amide bonds. The molecule has 0 bridgehead atoms. The van der Waals surface area contributed by atoms with E-state index in [-0.39, 0.29) is 22.5 Å². The molecule has 0 spiro atoms. The molecule has 4 heteroatoms. The number of halogens is 2. The summed E-state index contributed by atoms with van der Waals surface area (Å²) in [7, 11) is 0. The molecular formula is C18H10F2O2. The van der Waals surface area contributed by atoms with Crippen molar-refractivity contribution in [2.75, 3.05) is 0 Å². The van der Waals surface area contributed by atoms with Gasteiger partial charge in [0.2, 0.25) is 5.78 Å². The Morgan fingerprint density at radius 1 is 0.864 bits per heavy atom. The van der Waals surface area contributed by atoms with Gasteiger partial charge >= 0.3 is 5.92 Å². The topological polar surface area (TPSA) is 30.2 Å². The second kappa shape index (κ2) is 4.37. The summed E-state index contributed by atoms with van der Waals surface area (Å²) in [6, 6.07) is 16.5. The molecule has 0 atom stereocenters. The van der Waals surface area contributed by atoms with Crippen molar-refractivity contribution in [2.45, 2.75) is 5.92 Å². The Morgan fingerprint density at radius 3 is 2.32 bits per heavy atom. The third kappa shape index (κ3) is 1.67. The summed E-state index contributed by atoms with van der Waals surface area (Å²) in [6.07, 6.45) is 0. The molecular weight excluding hydrogens is 286 g/mol. The summed E-state index contributed by atoms with van der Waals surface area (Å²) in [5, 5.41) is 0. The molecule has 4 rings (SSSR count). The molecule has 22 heavy (non-hydrogen) atoms. The van der Waals surface area contributed by atoms with Crippen molar-refractivity contribution in [3.05, 3.63) is 71.8 Å². The van der Waals surface area contributed by atoms with Crippen LogP contribution in [-0.4, -0.2) is 5.78 Å². The van der Waals surface area contributed by atoms with Crippen molar-refractivity contribution in [3.63, 3.8) is 0 Å². The molecule has 3 aromatic rings. The zero-order valence-electron chi connectivity index (χ0n) is 11.3. The Balaban J connectivity index is 1.98. The summed E-state index contributed by atoms with van der Waals surface area (Å²) in [5.41, 5.74) is 0.638. The minimum Gasteiger partial charge on any atom is -0.455 e. The number of fused-ring (bicyclic) bond motifs is 3. The van der Waals surface area contributed by atoms with Crippen LogP contribution >= 0.6 is 0 Å². The van der Waals surface area contributed by atoms with Gasteiger partial charge in [-0.3, -0.25) is 4.79 Å². The molecule has 0 radical (unpaired) electrons. The zero-order valence-corrected chi connectivity index (χ0v) is 11.3. The van der Waals surface area contributed by atoms with Gasteiger partial charge in [0.05, 0.1) is 5.56 Å². The Hall–Kier alpha value is -2.75. The fourth-order valence-corrected chi connectivity index (χ4v) is 2.75. The molecule has 0 saturated carbocycles. The van der Waals surface area contributed by atoms with Crippen molar-refractivity contribution in [1.29, 1.82) is 0 Å². The Kier molecular flexibility index (Phi) is 2.57. The van der Waals surface area contributed by atoms with Gasteiger partial charge < -0.3 is 4.42 Å². The van der Waals surface area contributed by atoms with E-state index in [1.807, 2.05) is 18.2 Å². The van der Waals surface area contributed by atoms with Crippen molar-refractivity contribution >= 4 is 5.78 Å². The number of furan rings is 1. The van der Waals surface area contributed by atoms with Crippen LogP contribution in [0.2, 0.25) is 0 Å². The lowest BCUT2D eigenvalue weighted by atomic mass is 9.87. The summed E-state index contributed by atoms with van der Waals surface area (Å²) >= 11 is 0. The van der Waals surface area contributed by atoms with E-state index in [2.05, 4.69) is 0 Å². The van der Waals surface area contributed by atoms with Gasteiger partial charge in [-0.25, -0.2) is 0 Å². The number of carbonyl (C=O) groups excluding carboxylic acids is 1. The molecule has 1 heterocycles. The summed E-state index contributed by atoms with van der Waals surface area (Å²) < 4.78 is 34.3. The molecule has 1 aliphatic rings. The van der Waals surface area contributed by atoms with Crippen molar-refractivity contribution < 1.29 is 18.0 Å². The number of ketones is 1. The van der Waals surface area contributed by atoms with E-state index in [0.717, 1.165) is 5.56 Å². The van der Waals surface area contributed by atoms with E-state index in [9.17, 15) is 13.6 Å². The van der Waals surface area contributed by atoms with E-state index in [4.69, 9.17) is 4.42 Å². The van der Waals surface area contributed by atoms with E-state index >= 15 is 0 Å². The van der Waals surface area contributed by atoms with Crippen LogP contribution in [0.25, 0.3) is 22.6 Å². The third-order valence-corrected chi connectivity index (χ3v) is 3.83. The first-order valence-electron chi connectivity index (χ1n) is 6.81. The van der Waals surface area contributed by atoms with Crippen LogP contribution < -0.4 is 0 Å². The zero-order chi connectivity index (χ0) is 15.3. The molecule has 0 saturated heterocycles. The van der Waals surface area contributed by atoms with Gasteiger partial charge in [-0.05, 0) is 6.07 Å². The summed E-state index contributed by atoms with van der Waals surface area (Å²) in [4.78, 5) is 12.1. The Bertz CT molecular complexity index is 879. The predicted molar refractivity (Wildman–Crippen MR) is 77.8 cm³/mol. The maximum Gasteiger partial charge on any atom is 0.335 e. The number of benzene rings is 2. The minimum absolute atomic E-state index is 0.0671. The highest BCUT2D eigenvalue weighted by Crippen LogP contribution is 2.47. The number of alkyl halides is 2. The molecule has 0 unspecified atom stereocenters. The minimum atomic E-state index is -3.53. The van der Waals surface area contributed by atoms with E-state index in [1.54, 1.807) is 24.3 Å². The highest BCUT2D eigenvalue weighted by atomic mass is 19.3. The number of rotatable bonds is 1. The number of hydrogen-bond acceptors (Lipinski definition) is 2. The second-order valence-electron chi connectivity index (χ2n) is 5.17. The van der Waals surface area contributed by atoms with Crippen LogP contribution in [-0.2, 0) is 5.92 Å². The summed E-state index contributed by atoms with van der Waals surface area (Å²) in [6.45, 7) is 0. The fourth-order valence-electron chi connectivity index (χ4n) is 2.75. The highest BCUT2D eigenvalue weighted by Gasteiger charge is 2.49. The fraction of sp³-hybridized carbons (Fsp3) is 0.0556. The standard InChI is InChI=1S/C18H10F2O2/c19-18(20)14-9-5-4-8-12(14)16-13(17(18)21)10-15(22-16)11-6-2-1-3-7-11/h1-10H. The molecule has 2 aromatic carbocycles. The average Bonchev–Trinajstić information content (AvgIpc) is 2.99. The molecule has 1 aromatic heterocycles. The quantitative estimate of drug-likeness (QED) is 0.639. The lowest BCUT2D eigenvalue weighted by Crippen LogP contribution is -2.30. The van der Waals surface area contributed by atoms with Crippen LogP contribution in [0, 0.1) is 0 Å². The molecule has 0 N–H and O–H groups in total. The second-order valence-corrected chi connectivity index (χ2v) is 5.17. The van der Waals surface area contributed by atoms with Gasteiger partial charge in [0.1, 0.15) is 11.5 Å². The predicted octanol–water partition coefficient (Wildman–Crippen LogP) is 4.90. The maximum atomic E-state index is 14.3. The monoisotopic (exact) mass is 296 g/mol. The lowest BCUT2D eigenvalue weighted by molar-refractivity contribution is 0.00667. The Labute approximate surface area is 125 Å².